The van der Waals surface area contributed by atoms with E-state index >= 15 is 0 Å². The minimum atomic E-state index is -2.65. The molecule has 0 fully saturated rings. The highest BCUT2D eigenvalue weighted by Crippen LogP contribution is 2.36. The molecule has 0 spiro atoms. The molecule has 0 saturated carbocycles. The van der Waals surface area contributed by atoms with Gasteiger partial charge in [0.2, 0.25) is 0 Å². The number of hydrogen-bond donors (Lipinski definition) is 1. The number of benzene rings is 2. The maximum Gasteiger partial charge on any atom is 0.261 e. The Morgan fingerprint density at radius 1 is 1.00 bits per heavy atom. The fraction of sp³-hybridized carbons (Fsp3) is 0.316. The minimum absolute atomic E-state index is 0.0107. The number of aldehydes is 1. The van der Waals surface area contributed by atoms with Gasteiger partial charge in [-0.15, -0.1) is 0 Å². The Balaban J connectivity index is 2.62. The average Bonchev–Trinajstić information content (AvgIpc) is 2.56. The van der Waals surface area contributed by atoms with Crippen LogP contribution in [-0.2, 0) is 9.22 Å². The molecular formula is C19H24O3Si. The quantitative estimate of drug-likeness (QED) is 0.653. The molecule has 23 heavy (non-hydrogen) atoms. The monoisotopic (exact) mass is 328 g/mol. The molecule has 0 aliphatic heterocycles. The molecule has 122 valence electrons. The summed E-state index contributed by atoms with van der Waals surface area (Å²) in [5, 5.41) is 11.8. The van der Waals surface area contributed by atoms with Crippen LogP contribution in [0, 0.1) is 0 Å². The first-order valence-electron chi connectivity index (χ1n) is 7.80. The molecule has 4 heteroatoms. The lowest BCUT2D eigenvalue weighted by Gasteiger charge is -2.43. The number of carbonyl (C=O) groups is 1. The lowest BCUT2D eigenvalue weighted by Crippen LogP contribution is -2.67. The fourth-order valence-electron chi connectivity index (χ4n) is 3.01. The van der Waals surface area contributed by atoms with Crippen molar-refractivity contribution < 1.29 is 14.3 Å². The molecule has 0 unspecified atom stereocenters. The second-order valence-electron chi connectivity index (χ2n) is 6.68. The number of rotatable bonds is 6. The molecule has 0 aliphatic rings. The third-order valence-electron chi connectivity index (χ3n) is 4.04. The SMILES string of the molecule is CC(C)(C)[Si](OC[C@H](O)C=O)(c1ccccc1)c1ccccc1. The molecule has 2 rings (SSSR count). The van der Waals surface area contributed by atoms with Crippen LogP contribution >= 0.6 is 0 Å². The zero-order valence-corrected chi connectivity index (χ0v) is 14.9. The molecule has 0 aliphatic carbocycles. The van der Waals surface area contributed by atoms with Crippen molar-refractivity contribution in [3.63, 3.8) is 0 Å². The van der Waals surface area contributed by atoms with E-state index in [1.165, 1.54) is 0 Å². The first kappa shape index (κ1) is 17.6. The Bertz CT molecular complexity index is 581. The van der Waals surface area contributed by atoms with Crippen LogP contribution in [0.25, 0.3) is 0 Å². The Morgan fingerprint density at radius 3 is 1.78 bits per heavy atom. The van der Waals surface area contributed by atoms with Gasteiger partial charge in [0.1, 0.15) is 6.10 Å². The van der Waals surface area contributed by atoms with E-state index < -0.39 is 14.4 Å². The second-order valence-corrected chi connectivity index (χ2v) is 11.0. The van der Waals surface area contributed by atoms with Crippen LogP contribution in [0.15, 0.2) is 60.7 Å². The number of aliphatic hydroxyl groups is 1. The van der Waals surface area contributed by atoms with Gasteiger partial charge < -0.3 is 14.3 Å². The highest BCUT2D eigenvalue weighted by Gasteiger charge is 2.50. The van der Waals surface area contributed by atoms with Crippen LogP contribution in [0.1, 0.15) is 20.8 Å². The zero-order chi connectivity index (χ0) is 16.9. The smallest absolute Gasteiger partial charge is 0.261 e. The van der Waals surface area contributed by atoms with Crippen molar-refractivity contribution in [1.82, 2.24) is 0 Å². The van der Waals surface area contributed by atoms with Crippen molar-refractivity contribution in [1.29, 1.82) is 0 Å². The second kappa shape index (κ2) is 7.21. The van der Waals surface area contributed by atoms with E-state index in [1.807, 2.05) is 36.4 Å². The largest absolute Gasteiger partial charge is 0.404 e. The van der Waals surface area contributed by atoms with E-state index in [4.69, 9.17) is 4.43 Å². The van der Waals surface area contributed by atoms with Gasteiger partial charge in [-0.1, -0.05) is 81.4 Å². The molecule has 3 nitrogen and oxygen atoms in total. The zero-order valence-electron chi connectivity index (χ0n) is 13.9. The van der Waals surface area contributed by atoms with E-state index in [0.717, 1.165) is 10.4 Å². The normalized spacial score (nSPS) is 13.6. The molecule has 2 aromatic rings. The molecule has 0 radical (unpaired) electrons. The van der Waals surface area contributed by atoms with E-state index in [1.54, 1.807) is 0 Å². The summed E-state index contributed by atoms with van der Waals surface area (Å²) in [5.74, 6) is 0. The molecule has 2 aromatic carbocycles. The van der Waals surface area contributed by atoms with Crippen molar-refractivity contribution in [3.05, 3.63) is 60.7 Å². The molecule has 0 amide bonds. The summed E-state index contributed by atoms with van der Waals surface area (Å²) in [4.78, 5) is 10.8. The van der Waals surface area contributed by atoms with Crippen molar-refractivity contribution in [2.45, 2.75) is 31.9 Å². The van der Waals surface area contributed by atoms with Gasteiger partial charge in [0.25, 0.3) is 8.32 Å². The molecule has 0 bridgehead atoms. The lowest BCUT2D eigenvalue weighted by molar-refractivity contribution is -0.116. The highest BCUT2D eigenvalue weighted by atomic mass is 28.4. The van der Waals surface area contributed by atoms with Gasteiger partial charge in [0.15, 0.2) is 6.29 Å². The van der Waals surface area contributed by atoms with Crippen LogP contribution in [0.2, 0.25) is 5.04 Å². The lowest BCUT2D eigenvalue weighted by atomic mass is 10.2. The van der Waals surface area contributed by atoms with Gasteiger partial charge in [0, 0.05) is 0 Å². The van der Waals surface area contributed by atoms with Crippen LogP contribution in [-0.4, -0.2) is 32.4 Å². The maximum absolute atomic E-state index is 10.8. The summed E-state index contributed by atoms with van der Waals surface area (Å²) in [6.45, 7) is 6.49. The topological polar surface area (TPSA) is 46.5 Å². The summed E-state index contributed by atoms with van der Waals surface area (Å²) in [7, 11) is -2.65. The molecule has 0 saturated heterocycles. The van der Waals surface area contributed by atoms with Crippen molar-refractivity contribution >= 4 is 25.0 Å². The van der Waals surface area contributed by atoms with E-state index in [0.29, 0.717) is 6.29 Å². The average molecular weight is 328 g/mol. The summed E-state index contributed by atoms with van der Waals surface area (Å²) >= 11 is 0. The van der Waals surface area contributed by atoms with Gasteiger partial charge in [0.05, 0.1) is 6.61 Å². The predicted molar refractivity (Wildman–Crippen MR) is 95.6 cm³/mol. The van der Waals surface area contributed by atoms with Gasteiger partial charge in [-0.3, -0.25) is 0 Å². The van der Waals surface area contributed by atoms with Crippen LogP contribution in [0.4, 0.5) is 0 Å². The Hall–Kier alpha value is -1.75. The first-order chi connectivity index (χ1) is 10.9. The van der Waals surface area contributed by atoms with Crippen molar-refractivity contribution in [2.75, 3.05) is 6.61 Å². The third kappa shape index (κ3) is 3.60. The van der Waals surface area contributed by atoms with Gasteiger partial charge in [-0.2, -0.15) is 0 Å². The Kier molecular flexibility index (Phi) is 5.52. The van der Waals surface area contributed by atoms with Crippen molar-refractivity contribution in [3.8, 4) is 0 Å². The summed E-state index contributed by atoms with van der Waals surface area (Å²) < 4.78 is 6.38. The molecule has 0 aromatic heterocycles. The maximum atomic E-state index is 10.8. The third-order valence-corrected chi connectivity index (χ3v) is 9.05. The van der Waals surface area contributed by atoms with Gasteiger partial charge >= 0.3 is 0 Å². The summed E-state index contributed by atoms with van der Waals surface area (Å²) in [6, 6.07) is 20.3. The van der Waals surface area contributed by atoms with Crippen molar-refractivity contribution in [2.24, 2.45) is 0 Å². The molecule has 1 N–H and O–H groups in total. The summed E-state index contributed by atoms with van der Waals surface area (Å²) in [6.07, 6.45) is -0.575. The number of hydrogen-bond acceptors (Lipinski definition) is 3. The first-order valence-corrected chi connectivity index (χ1v) is 9.71. The predicted octanol–water partition coefficient (Wildman–Crippen LogP) is 2.12. The van der Waals surface area contributed by atoms with E-state index in [2.05, 4.69) is 45.0 Å². The van der Waals surface area contributed by atoms with Gasteiger partial charge in [-0.25, -0.2) is 0 Å². The fourth-order valence-corrected chi connectivity index (χ4v) is 7.59. The highest BCUT2D eigenvalue weighted by molar-refractivity contribution is 6.99. The molecule has 1 atom stereocenters. The van der Waals surface area contributed by atoms with Crippen LogP contribution < -0.4 is 10.4 Å². The number of aliphatic hydroxyl groups excluding tert-OH is 1. The Labute approximate surface area is 139 Å². The van der Waals surface area contributed by atoms with E-state index in [9.17, 15) is 9.90 Å². The summed E-state index contributed by atoms with van der Waals surface area (Å²) in [5.41, 5.74) is 0. The van der Waals surface area contributed by atoms with E-state index in [-0.39, 0.29) is 11.6 Å². The molecule has 0 heterocycles. The molecular weight excluding hydrogens is 304 g/mol. The van der Waals surface area contributed by atoms with Crippen LogP contribution in [0.5, 0.6) is 0 Å². The number of carbonyl (C=O) groups excluding carboxylic acids is 1. The van der Waals surface area contributed by atoms with Crippen LogP contribution in [0.3, 0.4) is 0 Å². The van der Waals surface area contributed by atoms with Gasteiger partial charge in [-0.05, 0) is 15.4 Å². The minimum Gasteiger partial charge on any atom is -0.404 e. The standard InChI is InChI=1S/C19H24O3Si/c1-19(2,3)23(22-15-16(21)14-20,17-10-6-4-7-11-17)18-12-8-5-9-13-18/h4-14,16,21H,15H2,1-3H3/t16-/m1/s1. The Morgan fingerprint density at radius 2 is 1.43 bits per heavy atom.